The van der Waals surface area contributed by atoms with E-state index in [1.165, 1.54) is 19.3 Å². The molecule has 25 heavy (non-hydrogen) atoms. The lowest BCUT2D eigenvalue weighted by Gasteiger charge is -2.37. The minimum atomic E-state index is -0.0117. The number of piperidine rings is 1. The van der Waals surface area contributed by atoms with E-state index >= 15 is 0 Å². The van der Waals surface area contributed by atoms with Crippen LogP contribution in [0.25, 0.3) is 0 Å². The van der Waals surface area contributed by atoms with Crippen LogP contribution in [-0.2, 0) is 9.59 Å². The highest BCUT2D eigenvalue weighted by Gasteiger charge is 2.41. The number of amides is 1. The minimum absolute atomic E-state index is 0.0117. The van der Waals surface area contributed by atoms with Crippen molar-refractivity contribution in [3.05, 3.63) is 24.3 Å². The van der Waals surface area contributed by atoms with Crippen molar-refractivity contribution in [2.45, 2.75) is 51.4 Å². The largest absolute Gasteiger partial charge is 0.370 e. The molecule has 1 aromatic carbocycles. The number of fused-ring (bicyclic) bond motifs is 2. The predicted octanol–water partition coefficient (Wildman–Crippen LogP) is 4.01. The number of para-hydroxylation sites is 2. The molecule has 4 nitrogen and oxygen atoms in total. The average molecular weight is 340 g/mol. The summed E-state index contributed by atoms with van der Waals surface area (Å²) in [4.78, 5) is 27.5. The van der Waals surface area contributed by atoms with Crippen molar-refractivity contribution in [3.63, 3.8) is 0 Å². The standard InChI is InChI=1S/C21H28N2O2/c24-20-15-7-6-8-16(20)14-17(13-15)21(25)22-18-9-2-3-10-19(18)23-11-4-1-5-12-23/h2-3,9-10,15-17H,1,4-8,11-14H2,(H,22,25)/t15-,16+,17?. The molecule has 134 valence electrons. The lowest BCUT2D eigenvalue weighted by molar-refractivity contribution is -0.136. The van der Waals surface area contributed by atoms with Gasteiger partial charge in [-0.1, -0.05) is 18.6 Å². The third-order valence-corrected chi connectivity index (χ3v) is 6.28. The second-order valence-corrected chi connectivity index (χ2v) is 7.95. The van der Waals surface area contributed by atoms with Crippen molar-refractivity contribution in [1.82, 2.24) is 0 Å². The third-order valence-electron chi connectivity index (χ3n) is 6.28. The van der Waals surface area contributed by atoms with E-state index in [4.69, 9.17) is 0 Å². The topological polar surface area (TPSA) is 49.4 Å². The Bertz CT molecular complexity index is 635. The van der Waals surface area contributed by atoms with Crippen LogP contribution in [0, 0.1) is 17.8 Å². The van der Waals surface area contributed by atoms with E-state index in [2.05, 4.69) is 16.3 Å². The van der Waals surface area contributed by atoms with Gasteiger partial charge in [0.1, 0.15) is 5.78 Å². The van der Waals surface area contributed by atoms with Crippen LogP contribution in [-0.4, -0.2) is 24.8 Å². The lowest BCUT2D eigenvalue weighted by Crippen LogP contribution is -2.40. The van der Waals surface area contributed by atoms with Gasteiger partial charge in [0.2, 0.25) is 5.91 Å². The van der Waals surface area contributed by atoms with Gasteiger partial charge < -0.3 is 10.2 Å². The maximum absolute atomic E-state index is 12.9. The number of hydrogen-bond acceptors (Lipinski definition) is 3. The normalized spacial score (nSPS) is 29.4. The number of nitrogens with one attached hydrogen (secondary N) is 1. The highest BCUT2D eigenvalue weighted by molar-refractivity contribution is 5.97. The van der Waals surface area contributed by atoms with Crippen LogP contribution in [0.3, 0.4) is 0 Å². The number of ketones is 1. The van der Waals surface area contributed by atoms with Gasteiger partial charge in [0, 0.05) is 30.8 Å². The number of anilines is 2. The van der Waals surface area contributed by atoms with E-state index in [9.17, 15) is 9.59 Å². The predicted molar refractivity (Wildman–Crippen MR) is 99.7 cm³/mol. The molecule has 1 heterocycles. The number of nitrogens with zero attached hydrogens (tertiary/aromatic N) is 1. The first-order chi connectivity index (χ1) is 12.2. The van der Waals surface area contributed by atoms with Crippen molar-refractivity contribution >= 4 is 23.1 Å². The molecule has 0 aromatic heterocycles. The number of benzene rings is 1. The summed E-state index contributed by atoms with van der Waals surface area (Å²) in [5, 5.41) is 3.19. The Labute approximate surface area is 150 Å². The summed E-state index contributed by atoms with van der Waals surface area (Å²) >= 11 is 0. The van der Waals surface area contributed by atoms with Crippen LogP contribution < -0.4 is 10.2 Å². The Kier molecular flexibility index (Phi) is 4.78. The number of hydrogen-bond donors (Lipinski definition) is 1. The monoisotopic (exact) mass is 340 g/mol. The van der Waals surface area contributed by atoms with Gasteiger partial charge in [0.25, 0.3) is 0 Å². The van der Waals surface area contributed by atoms with Crippen molar-refractivity contribution in [2.24, 2.45) is 17.8 Å². The summed E-state index contributed by atoms with van der Waals surface area (Å²) in [6.45, 7) is 2.13. The maximum Gasteiger partial charge on any atom is 0.227 e. The summed E-state index contributed by atoms with van der Waals surface area (Å²) in [5.41, 5.74) is 2.07. The number of rotatable bonds is 3. The first kappa shape index (κ1) is 16.6. The van der Waals surface area contributed by atoms with Gasteiger partial charge in [-0.2, -0.15) is 0 Å². The quantitative estimate of drug-likeness (QED) is 0.904. The molecule has 4 rings (SSSR count). The highest BCUT2D eigenvalue weighted by atomic mass is 16.2. The van der Waals surface area contributed by atoms with Crippen LogP contribution >= 0.6 is 0 Å². The molecule has 1 N–H and O–H groups in total. The molecule has 1 unspecified atom stereocenters. The average Bonchev–Trinajstić information content (AvgIpc) is 2.62. The van der Waals surface area contributed by atoms with E-state index in [0.29, 0.717) is 5.78 Å². The maximum atomic E-state index is 12.9. The van der Waals surface area contributed by atoms with Crippen LogP contribution in [0.2, 0.25) is 0 Å². The molecule has 3 atom stereocenters. The van der Waals surface area contributed by atoms with E-state index in [1.807, 2.05) is 18.2 Å². The molecular weight excluding hydrogens is 312 g/mol. The van der Waals surface area contributed by atoms with Gasteiger partial charge in [-0.15, -0.1) is 0 Å². The second kappa shape index (κ2) is 7.19. The van der Waals surface area contributed by atoms with E-state index in [-0.39, 0.29) is 23.7 Å². The molecule has 0 spiro atoms. The number of carbonyl (C=O) groups excluding carboxylic acids is 2. The Morgan fingerprint density at radius 3 is 2.36 bits per heavy atom. The Balaban J connectivity index is 1.47. The smallest absolute Gasteiger partial charge is 0.227 e. The molecule has 3 aliphatic rings. The van der Waals surface area contributed by atoms with Crippen molar-refractivity contribution < 1.29 is 9.59 Å². The fourth-order valence-electron chi connectivity index (χ4n) is 4.92. The fourth-order valence-corrected chi connectivity index (χ4v) is 4.92. The van der Waals surface area contributed by atoms with Crippen LogP contribution in [0.4, 0.5) is 11.4 Å². The number of Topliss-reactive ketones (excluding diaryl/α,β-unsaturated/α-hetero) is 1. The van der Waals surface area contributed by atoms with Gasteiger partial charge in [0.05, 0.1) is 11.4 Å². The summed E-state index contributed by atoms with van der Waals surface area (Å²) in [6.07, 6.45) is 8.32. The van der Waals surface area contributed by atoms with Crippen molar-refractivity contribution in [3.8, 4) is 0 Å². The molecule has 0 radical (unpaired) electrons. The Morgan fingerprint density at radius 2 is 1.64 bits per heavy atom. The first-order valence-electron chi connectivity index (χ1n) is 9.91. The molecule has 2 saturated carbocycles. The SMILES string of the molecule is O=C(Nc1ccccc1N1CCCCC1)C1C[C@H]2CCC[C@@H](C1)C2=O. The molecule has 2 bridgehead atoms. The molecule has 1 aliphatic heterocycles. The molecule has 1 aromatic rings. The molecule has 2 aliphatic carbocycles. The minimum Gasteiger partial charge on any atom is -0.370 e. The lowest BCUT2D eigenvalue weighted by atomic mass is 9.67. The molecule has 1 amide bonds. The zero-order valence-electron chi connectivity index (χ0n) is 14.9. The van der Waals surface area contributed by atoms with E-state index in [0.717, 1.165) is 56.6 Å². The summed E-state index contributed by atoms with van der Waals surface area (Å²) in [6, 6.07) is 8.15. The third kappa shape index (κ3) is 3.44. The molecule has 3 fully saturated rings. The fraction of sp³-hybridized carbons (Fsp3) is 0.619. The summed E-state index contributed by atoms with van der Waals surface area (Å²) in [5.74, 6) is 0.765. The molecular formula is C21H28N2O2. The number of carbonyl (C=O) groups is 2. The van der Waals surface area contributed by atoms with E-state index in [1.54, 1.807) is 0 Å². The van der Waals surface area contributed by atoms with Gasteiger partial charge in [0.15, 0.2) is 0 Å². The Hall–Kier alpha value is -1.84. The summed E-state index contributed by atoms with van der Waals surface area (Å²) in [7, 11) is 0. The highest BCUT2D eigenvalue weighted by Crippen LogP contribution is 2.40. The van der Waals surface area contributed by atoms with Gasteiger partial charge in [-0.25, -0.2) is 0 Å². The second-order valence-electron chi connectivity index (χ2n) is 7.95. The Morgan fingerprint density at radius 1 is 0.960 bits per heavy atom. The van der Waals surface area contributed by atoms with Crippen molar-refractivity contribution in [2.75, 3.05) is 23.3 Å². The van der Waals surface area contributed by atoms with Crippen molar-refractivity contribution in [1.29, 1.82) is 0 Å². The first-order valence-corrected chi connectivity index (χ1v) is 9.91. The van der Waals surface area contributed by atoms with Crippen LogP contribution in [0.5, 0.6) is 0 Å². The van der Waals surface area contributed by atoms with Crippen LogP contribution in [0.1, 0.15) is 51.4 Å². The zero-order valence-corrected chi connectivity index (χ0v) is 14.9. The summed E-state index contributed by atoms with van der Waals surface area (Å²) < 4.78 is 0. The molecule has 1 saturated heterocycles. The zero-order chi connectivity index (χ0) is 17.2. The van der Waals surface area contributed by atoms with Gasteiger partial charge >= 0.3 is 0 Å². The van der Waals surface area contributed by atoms with Gasteiger partial charge in [-0.3, -0.25) is 9.59 Å². The van der Waals surface area contributed by atoms with Gasteiger partial charge in [-0.05, 0) is 57.1 Å². The molecule has 4 heteroatoms. The van der Waals surface area contributed by atoms with Crippen LogP contribution in [0.15, 0.2) is 24.3 Å². The van der Waals surface area contributed by atoms with E-state index < -0.39 is 0 Å².